The molecule has 9 nitrogen and oxygen atoms in total. The molecular formula is C22H22ClF2N3O6S. The second-order valence-electron chi connectivity index (χ2n) is 8.53. The third kappa shape index (κ3) is 4.58. The van der Waals surface area contributed by atoms with Crippen LogP contribution in [0.5, 0.6) is 5.75 Å². The van der Waals surface area contributed by atoms with E-state index in [0.717, 1.165) is 18.2 Å². The highest BCUT2D eigenvalue weighted by atomic mass is 35.5. The van der Waals surface area contributed by atoms with Gasteiger partial charge in [0.15, 0.2) is 0 Å². The van der Waals surface area contributed by atoms with E-state index in [0.29, 0.717) is 5.56 Å². The summed E-state index contributed by atoms with van der Waals surface area (Å²) >= 11 is 6.16. The second-order valence-corrected chi connectivity index (χ2v) is 10.6. The van der Waals surface area contributed by atoms with Crippen LogP contribution >= 0.6 is 11.6 Å². The number of aromatic nitrogens is 2. The summed E-state index contributed by atoms with van der Waals surface area (Å²) < 4.78 is 69.3. The molecule has 1 aliphatic heterocycles. The number of halogens is 3. The fourth-order valence-electron chi connectivity index (χ4n) is 4.24. The van der Waals surface area contributed by atoms with E-state index in [1.54, 1.807) is 6.92 Å². The van der Waals surface area contributed by atoms with E-state index < -0.39 is 49.9 Å². The largest absolute Gasteiger partial charge is 0.492 e. The average molecular weight is 530 g/mol. The first-order valence-electron chi connectivity index (χ1n) is 10.5. The van der Waals surface area contributed by atoms with Crippen molar-refractivity contribution in [2.75, 3.05) is 6.61 Å². The molecule has 0 aliphatic carbocycles. The topological polar surface area (TPSA) is 135 Å². The van der Waals surface area contributed by atoms with E-state index in [1.807, 2.05) is 0 Å². The number of aromatic amines is 1. The molecule has 3 atom stereocenters. The minimum Gasteiger partial charge on any atom is -0.492 e. The Morgan fingerprint density at radius 1 is 1.26 bits per heavy atom. The molecule has 2 heterocycles. The molecule has 3 aromatic rings. The Labute approximate surface area is 204 Å². The van der Waals surface area contributed by atoms with Gasteiger partial charge in [0.05, 0.1) is 17.8 Å². The van der Waals surface area contributed by atoms with Gasteiger partial charge >= 0.3 is 5.76 Å². The normalized spacial score (nSPS) is 19.6. The molecule has 35 heavy (non-hydrogen) atoms. The molecule has 1 aromatic heterocycles. The molecule has 0 fully saturated rings. The maximum atomic E-state index is 14.8. The van der Waals surface area contributed by atoms with Gasteiger partial charge in [-0.1, -0.05) is 18.5 Å². The molecular weight excluding hydrogens is 508 g/mol. The lowest BCUT2D eigenvalue weighted by atomic mass is 9.90. The molecule has 0 saturated carbocycles. The predicted octanol–water partition coefficient (Wildman–Crippen LogP) is 3.42. The summed E-state index contributed by atoms with van der Waals surface area (Å²) in [6.07, 6.45) is 0.0548. The van der Waals surface area contributed by atoms with E-state index in [2.05, 4.69) is 14.9 Å². The highest BCUT2D eigenvalue weighted by Gasteiger charge is 2.40. The third-order valence-electron chi connectivity index (χ3n) is 6.09. The summed E-state index contributed by atoms with van der Waals surface area (Å²) in [6, 6.07) is 3.02. The summed E-state index contributed by atoms with van der Waals surface area (Å²) in [5.41, 5.74) is -1.51. The van der Waals surface area contributed by atoms with Crippen molar-refractivity contribution < 1.29 is 31.5 Å². The number of sulfonamides is 1. The maximum absolute atomic E-state index is 14.8. The van der Waals surface area contributed by atoms with Crippen molar-refractivity contribution in [1.29, 1.82) is 0 Å². The Morgan fingerprint density at radius 3 is 2.60 bits per heavy atom. The van der Waals surface area contributed by atoms with E-state index in [1.165, 1.54) is 19.9 Å². The zero-order valence-electron chi connectivity index (χ0n) is 18.9. The maximum Gasteiger partial charge on any atom is 0.434 e. The van der Waals surface area contributed by atoms with Gasteiger partial charge in [-0.2, -0.15) is 4.72 Å². The highest BCUT2D eigenvalue weighted by molar-refractivity contribution is 7.89. The van der Waals surface area contributed by atoms with Crippen LogP contribution in [0.2, 0.25) is 5.02 Å². The first-order chi connectivity index (χ1) is 16.3. The molecule has 13 heteroatoms. The number of nitrogens with zero attached hydrogens (tertiary/aromatic N) is 1. The van der Waals surface area contributed by atoms with Crippen LogP contribution in [-0.2, 0) is 15.6 Å². The van der Waals surface area contributed by atoms with Crippen LogP contribution in [0, 0.1) is 18.6 Å². The standard InChI is InChI=1S/C22H22ClF2N3O6S/c1-10-12(23)4-5-13(24)16(10)11(2)18(20-26-27-21(29)34-20)28-35(31,32)15-7-6-14(25)17-19(15)33-9-8-22(17,3)30/h4-7,11,18,28,30H,8-9H2,1-3H3,(H,27,29)/t11-,18+,22+/m1/s1. The Kier molecular flexibility index (Phi) is 6.51. The zero-order valence-corrected chi connectivity index (χ0v) is 20.4. The smallest absolute Gasteiger partial charge is 0.434 e. The Hall–Kier alpha value is -2.80. The van der Waals surface area contributed by atoms with Crippen LogP contribution < -0.4 is 15.2 Å². The Balaban J connectivity index is 1.84. The first-order valence-corrected chi connectivity index (χ1v) is 12.4. The molecule has 188 valence electrons. The van der Waals surface area contributed by atoms with Crippen LogP contribution in [0.1, 0.15) is 54.8 Å². The van der Waals surface area contributed by atoms with Crippen molar-refractivity contribution in [2.45, 2.75) is 49.6 Å². The van der Waals surface area contributed by atoms with Crippen molar-refractivity contribution >= 4 is 21.6 Å². The summed E-state index contributed by atoms with van der Waals surface area (Å²) in [6.45, 7) is 4.38. The summed E-state index contributed by atoms with van der Waals surface area (Å²) in [5.74, 6) is -4.08. The molecule has 2 aromatic carbocycles. The lowest BCUT2D eigenvalue weighted by molar-refractivity contribution is 0.00964. The van der Waals surface area contributed by atoms with Crippen molar-refractivity contribution in [3.8, 4) is 5.75 Å². The monoisotopic (exact) mass is 529 g/mol. The number of rotatable bonds is 6. The van der Waals surface area contributed by atoms with Crippen molar-refractivity contribution in [1.82, 2.24) is 14.9 Å². The van der Waals surface area contributed by atoms with Crippen LogP contribution in [0.25, 0.3) is 0 Å². The summed E-state index contributed by atoms with van der Waals surface area (Å²) in [5, 5.41) is 16.7. The van der Waals surface area contributed by atoms with Gasteiger partial charge in [0.2, 0.25) is 15.9 Å². The zero-order chi connectivity index (χ0) is 25.7. The van der Waals surface area contributed by atoms with Gasteiger partial charge in [0.1, 0.15) is 28.3 Å². The van der Waals surface area contributed by atoms with Gasteiger partial charge in [-0.3, -0.25) is 0 Å². The Morgan fingerprint density at radius 2 is 1.94 bits per heavy atom. The molecule has 1 aliphatic rings. The summed E-state index contributed by atoms with van der Waals surface area (Å²) in [7, 11) is -4.52. The van der Waals surface area contributed by atoms with Crippen LogP contribution in [0.4, 0.5) is 8.78 Å². The molecule has 0 amide bonds. The molecule has 0 saturated heterocycles. The van der Waals surface area contributed by atoms with Crippen LogP contribution in [0.15, 0.2) is 38.4 Å². The lowest BCUT2D eigenvalue weighted by Crippen LogP contribution is -2.35. The van der Waals surface area contributed by atoms with Gasteiger partial charge in [-0.15, -0.1) is 5.10 Å². The average Bonchev–Trinajstić information content (AvgIpc) is 3.20. The minimum atomic E-state index is -4.52. The second kappa shape index (κ2) is 9.01. The number of fused-ring (bicyclic) bond motifs is 1. The summed E-state index contributed by atoms with van der Waals surface area (Å²) in [4.78, 5) is 11.2. The van der Waals surface area contributed by atoms with Crippen LogP contribution in [0.3, 0.4) is 0 Å². The van der Waals surface area contributed by atoms with E-state index in [4.69, 9.17) is 20.8 Å². The van der Waals surface area contributed by atoms with Crippen molar-refractivity contribution in [2.24, 2.45) is 0 Å². The number of benzene rings is 2. The molecule has 0 unspecified atom stereocenters. The van der Waals surface area contributed by atoms with Gasteiger partial charge < -0.3 is 14.3 Å². The molecule has 0 spiro atoms. The van der Waals surface area contributed by atoms with E-state index in [-0.39, 0.29) is 40.8 Å². The number of ether oxygens (including phenoxy) is 1. The predicted molar refractivity (Wildman–Crippen MR) is 121 cm³/mol. The van der Waals surface area contributed by atoms with Crippen LogP contribution in [-0.4, -0.2) is 30.3 Å². The lowest BCUT2D eigenvalue weighted by Gasteiger charge is -2.32. The molecule has 0 bridgehead atoms. The third-order valence-corrected chi connectivity index (χ3v) is 7.96. The fraction of sp³-hybridized carbons (Fsp3) is 0.364. The number of hydrogen-bond acceptors (Lipinski definition) is 7. The van der Waals surface area contributed by atoms with Gasteiger partial charge in [-0.05, 0) is 49.2 Å². The Bertz CT molecular complexity index is 1450. The fourth-order valence-corrected chi connectivity index (χ4v) is 5.82. The van der Waals surface area contributed by atoms with Gasteiger partial charge in [0, 0.05) is 17.4 Å². The molecule has 4 rings (SSSR count). The van der Waals surface area contributed by atoms with Gasteiger partial charge in [0.25, 0.3) is 0 Å². The SMILES string of the molecule is Cc1c(Cl)ccc(F)c1[C@@H](C)[C@H](NS(=O)(=O)c1ccc(F)c2c1OCC[C@]2(C)O)c1n[nH]c(=O)o1. The first kappa shape index (κ1) is 25.3. The number of H-pyrrole nitrogens is 1. The highest BCUT2D eigenvalue weighted by Crippen LogP contribution is 2.43. The number of nitrogens with one attached hydrogen (secondary N) is 2. The number of aliphatic hydroxyl groups is 1. The number of hydrogen-bond donors (Lipinski definition) is 3. The molecule has 0 radical (unpaired) electrons. The molecule has 3 N–H and O–H groups in total. The van der Waals surface area contributed by atoms with Gasteiger partial charge in [-0.25, -0.2) is 27.1 Å². The minimum absolute atomic E-state index is 0.0486. The van der Waals surface area contributed by atoms with Crippen molar-refractivity contribution in [3.05, 3.63) is 74.1 Å². The van der Waals surface area contributed by atoms with E-state index >= 15 is 0 Å². The quantitative estimate of drug-likeness (QED) is 0.445. The van der Waals surface area contributed by atoms with E-state index in [9.17, 15) is 27.1 Å². The van der Waals surface area contributed by atoms with Crippen molar-refractivity contribution in [3.63, 3.8) is 0 Å².